The largest absolute Gasteiger partial charge is 0.354 e. The Bertz CT molecular complexity index is 1740. The monoisotopic (exact) mass is 383 g/mol. The Hall–Kier alpha value is -4.11. The lowest BCUT2D eigenvalue weighted by atomic mass is 10.1. The fraction of sp³-hybridized carbons (Fsp3) is 0. The number of fused-ring (bicyclic) bond motifs is 9. The molecular weight excluding hydrogens is 366 g/mol. The van der Waals surface area contributed by atoms with Crippen molar-refractivity contribution in [2.24, 2.45) is 0 Å². The minimum Gasteiger partial charge on any atom is -0.354 e. The minimum absolute atomic E-state index is 1.02. The Morgan fingerprint density at radius 3 is 2.23 bits per heavy atom. The lowest BCUT2D eigenvalue weighted by molar-refractivity contribution is 1.18. The summed E-state index contributed by atoms with van der Waals surface area (Å²) in [6.45, 7) is 0. The van der Waals surface area contributed by atoms with Crippen LogP contribution in [0.2, 0.25) is 0 Å². The number of nitrogens with zero attached hydrogens (tertiary/aromatic N) is 2. The van der Waals surface area contributed by atoms with E-state index in [2.05, 4.69) is 101 Å². The molecule has 0 atom stereocenters. The van der Waals surface area contributed by atoms with Gasteiger partial charge in [0.25, 0.3) is 0 Å². The molecule has 0 spiro atoms. The van der Waals surface area contributed by atoms with Crippen molar-refractivity contribution in [2.75, 3.05) is 0 Å². The summed E-state index contributed by atoms with van der Waals surface area (Å²) < 4.78 is 2.34. The van der Waals surface area contributed by atoms with Gasteiger partial charge in [-0.05, 0) is 30.3 Å². The summed E-state index contributed by atoms with van der Waals surface area (Å²) in [6.07, 6.45) is 2.02. The van der Waals surface area contributed by atoms with Gasteiger partial charge in [0.05, 0.1) is 22.1 Å². The van der Waals surface area contributed by atoms with Gasteiger partial charge < -0.3 is 9.55 Å². The number of H-pyrrole nitrogens is 1. The highest BCUT2D eigenvalue weighted by molar-refractivity contribution is 6.23. The molecule has 7 rings (SSSR count). The summed E-state index contributed by atoms with van der Waals surface area (Å²) >= 11 is 0. The Morgan fingerprint density at radius 1 is 0.600 bits per heavy atom. The molecule has 0 bridgehead atoms. The maximum Gasteiger partial charge on any atom is 0.0970 e. The highest BCUT2D eigenvalue weighted by Crippen LogP contribution is 2.38. The molecule has 3 heteroatoms. The van der Waals surface area contributed by atoms with E-state index in [0.29, 0.717) is 0 Å². The van der Waals surface area contributed by atoms with Crippen molar-refractivity contribution >= 4 is 54.5 Å². The molecule has 0 fully saturated rings. The number of para-hydroxylation sites is 3. The van der Waals surface area contributed by atoms with E-state index in [9.17, 15) is 0 Å². The fourth-order valence-electron chi connectivity index (χ4n) is 4.86. The molecule has 0 saturated heterocycles. The lowest BCUT2D eigenvalue weighted by Crippen LogP contribution is -1.95. The normalized spacial score (nSPS) is 12.0. The molecule has 0 radical (unpaired) electrons. The summed E-state index contributed by atoms with van der Waals surface area (Å²) in [5.74, 6) is 0. The third-order valence-corrected chi connectivity index (χ3v) is 6.16. The van der Waals surface area contributed by atoms with Gasteiger partial charge in [-0.25, -0.2) is 0 Å². The quantitative estimate of drug-likeness (QED) is 0.326. The van der Waals surface area contributed by atoms with Crippen LogP contribution in [-0.2, 0) is 0 Å². The standard InChI is InChI=1S/C27H17N3/c1-2-8-17(9-3-1)30-24-13-7-5-11-19(24)20-14-15-21-25-22(16-28-26(21)27(20)30)18-10-4-6-12-23(18)29-25/h1-16,29H. The molecule has 0 aliphatic heterocycles. The van der Waals surface area contributed by atoms with Crippen LogP contribution in [0.5, 0.6) is 0 Å². The first-order valence-electron chi connectivity index (χ1n) is 10.2. The van der Waals surface area contributed by atoms with Gasteiger partial charge in [0.15, 0.2) is 0 Å². The summed E-state index contributed by atoms with van der Waals surface area (Å²) in [7, 11) is 0. The SMILES string of the molecule is c1ccc(-n2c3ccccc3c3ccc4c(ncc5c6ccccc6[nH]c54)c32)cc1. The zero-order valence-electron chi connectivity index (χ0n) is 16.1. The smallest absolute Gasteiger partial charge is 0.0970 e. The predicted molar refractivity (Wildman–Crippen MR) is 125 cm³/mol. The molecule has 30 heavy (non-hydrogen) atoms. The van der Waals surface area contributed by atoms with E-state index in [1.807, 2.05) is 6.20 Å². The van der Waals surface area contributed by atoms with Crippen LogP contribution < -0.4 is 0 Å². The molecule has 3 heterocycles. The average molecular weight is 383 g/mol. The third kappa shape index (κ3) is 1.96. The van der Waals surface area contributed by atoms with E-state index in [0.717, 1.165) is 33.1 Å². The summed E-state index contributed by atoms with van der Waals surface area (Å²) in [5, 5.41) is 6.00. The van der Waals surface area contributed by atoms with Gasteiger partial charge in [0.1, 0.15) is 0 Å². The molecule has 0 aliphatic carbocycles. The van der Waals surface area contributed by atoms with Gasteiger partial charge in [0.2, 0.25) is 0 Å². The Morgan fingerprint density at radius 2 is 1.33 bits per heavy atom. The van der Waals surface area contributed by atoms with Crippen LogP contribution in [0.25, 0.3) is 60.2 Å². The number of hydrogen-bond donors (Lipinski definition) is 1. The predicted octanol–water partition coefficient (Wildman–Crippen LogP) is 6.97. The van der Waals surface area contributed by atoms with Gasteiger partial charge in [-0.15, -0.1) is 0 Å². The average Bonchev–Trinajstić information content (AvgIpc) is 3.36. The van der Waals surface area contributed by atoms with Crippen molar-refractivity contribution in [2.45, 2.75) is 0 Å². The molecule has 3 nitrogen and oxygen atoms in total. The second kappa shape index (κ2) is 5.71. The van der Waals surface area contributed by atoms with Crippen molar-refractivity contribution in [3.8, 4) is 5.69 Å². The van der Waals surface area contributed by atoms with Gasteiger partial charge in [0, 0.05) is 44.3 Å². The molecule has 0 aliphatic rings. The van der Waals surface area contributed by atoms with Crippen LogP contribution >= 0.6 is 0 Å². The van der Waals surface area contributed by atoms with Crippen molar-refractivity contribution < 1.29 is 0 Å². The number of nitrogens with one attached hydrogen (secondary N) is 1. The first-order chi connectivity index (χ1) is 14.9. The molecule has 0 unspecified atom stereocenters. The molecule has 3 aromatic heterocycles. The van der Waals surface area contributed by atoms with Crippen molar-refractivity contribution in [3.05, 3.63) is 97.2 Å². The number of pyridine rings is 1. The van der Waals surface area contributed by atoms with E-state index < -0.39 is 0 Å². The van der Waals surface area contributed by atoms with Crippen LogP contribution in [0.1, 0.15) is 0 Å². The van der Waals surface area contributed by atoms with Crippen LogP contribution in [0, 0.1) is 0 Å². The van der Waals surface area contributed by atoms with Gasteiger partial charge in [-0.2, -0.15) is 0 Å². The highest BCUT2D eigenvalue weighted by Gasteiger charge is 2.17. The van der Waals surface area contributed by atoms with Crippen molar-refractivity contribution in [1.82, 2.24) is 14.5 Å². The van der Waals surface area contributed by atoms with Crippen LogP contribution in [0.3, 0.4) is 0 Å². The van der Waals surface area contributed by atoms with E-state index in [1.54, 1.807) is 0 Å². The van der Waals surface area contributed by atoms with Crippen LogP contribution in [0.4, 0.5) is 0 Å². The Kier molecular flexibility index (Phi) is 3.00. The number of aromatic amines is 1. The van der Waals surface area contributed by atoms with Crippen LogP contribution in [0.15, 0.2) is 97.2 Å². The lowest BCUT2D eigenvalue weighted by Gasteiger charge is -2.09. The number of hydrogen-bond acceptors (Lipinski definition) is 1. The van der Waals surface area contributed by atoms with Crippen molar-refractivity contribution in [1.29, 1.82) is 0 Å². The zero-order chi connectivity index (χ0) is 19.7. The van der Waals surface area contributed by atoms with Gasteiger partial charge >= 0.3 is 0 Å². The maximum absolute atomic E-state index is 5.00. The molecule has 4 aromatic carbocycles. The molecule has 0 amide bonds. The van der Waals surface area contributed by atoms with E-state index in [4.69, 9.17) is 4.98 Å². The highest BCUT2D eigenvalue weighted by atomic mass is 15.0. The summed E-state index contributed by atoms with van der Waals surface area (Å²) in [4.78, 5) is 8.63. The first-order valence-corrected chi connectivity index (χ1v) is 10.2. The second-order valence-corrected chi connectivity index (χ2v) is 7.76. The first kappa shape index (κ1) is 15.8. The zero-order valence-corrected chi connectivity index (χ0v) is 16.1. The Balaban J connectivity index is 1.73. The van der Waals surface area contributed by atoms with Crippen LogP contribution in [-0.4, -0.2) is 14.5 Å². The molecule has 7 aromatic rings. The molecule has 1 N–H and O–H groups in total. The number of rotatable bonds is 1. The third-order valence-electron chi connectivity index (χ3n) is 6.16. The van der Waals surface area contributed by atoms with Gasteiger partial charge in [-0.3, -0.25) is 4.98 Å². The van der Waals surface area contributed by atoms with Crippen molar-refractivity contribution in [3.63, 3.8) is 0 Å². The number of aromatic nitrogens is 3. The number of benzene rings is 4. The maximum atomic E-state index is 5.00. The molecular formula is C27H17N3. The fourth-order valence-corrected chi connectivity index (χ4v) is 4.86. The van der Waals surface area contributed by atoms with E-state index in [1.165, 1.54) is 27.1 Å². The molecule has 140 valence electrons. The molecule has 0 saturated carbocycles. The summed E-state index contributed by atoms with van der Waals surface area (Å²) in [6, 6.07) is 32.0. The second-order valence-electron chi connectivity index (χ2n) is 7.76. The Labute approximate surface area is 172 Å². The minimum atomic E-state index is 1.02. The van der Waals surface area contributed by atoms with Gasteiger partial charge in [-0.1, -0.05) is 60.7 Å². The van der Waals surface area contributed by atoms with E-state index in [-0.39, 0.29) is 0 Å². The van der Waals surface area contributed by atoms with E-state index >= 15 is 0 Å². The topological polar surface area (TPSA) is 33.6 Å². The summed E-state index contributed by atoms with van der Waals surface area (Å²) in [5.41, 5.74) is 6.81.